The van der Waals surface area contributed by atoms with E-state index in [2.05, 4.69) is 27.0 Å². The van der Waals surface area contributed by atoms with Crippen LogP contribution in [0.5, 0.6) is 5.75 Å². The Morgan fingerprint density at radius 2 is 1.79 bits per heavy atom. The van der Waals surface area contributed by atoms with Crippen LogP contribution in [0.1, 0.15) is 13.8 Å². The van der Waals surface area contributed by atoms with Gasteiger partial charge in [-0.15, -0.1) is 0 Å². The average Bonchev–Trinajstić information content (AvgIpc) is 2.17. The van der Waals surface area contributed by atoms with Gasteiger partial charge in [-0.1, -0.05) is 6.07 Å². The number of rotatable bonds is 3. The molecule has 0 unspecified atom stereocenters. The summed E-state index contributed by atoms with van der Waals surface area (Å²) in [7, 11) is 2.18. The van der Waals surface area contributed by atoms with Crippen molar-refractivity contribution in [1.29, 1.82) is 0 Å². The van der Waals surface area contributed by atoms with E-state index in [0.29, 0.717) is 5.75 Å². The van der Waals surface area contributed by atoms with Crippen LogP contribution in [0.15, 0.2) is 24.3 Å². The maximum Gasteiger partial charge on any atom is 0.136 e. The molecule has 0 amide bonds. The van der Waals surface area contributed by atoms with E-state index in [-0.39, 0.29) is 24.0 Å². The number of hydrogen-bond donors (Lipinski definition) is 1. The second kappa shape index (κ2) is 5.56. The smallest absolute Gasteiger partial charge is 0.136 e. The standard InChI is InChI=1S/C11H17NO.HI/c1-4-12(3,5-2)10-7-6-8-11(13)9-10;/h6-9H,4-5H2,1-3H3;1H. The number of quaternary nitrogens is 1. The molecule has 1 aromatic rings. The summed E-state index contributed by atoms with van der Waals surface area (Å²) in [6.45, 7) is 6.40. The van der Waals surface area contributed by atoms with Crippen LogP contribution >= 0.6 is 0 Å². The van der Waals surface area contributed by atoms with Gasteiger partial charge in [0.05, 0.1) is 20.1 Å². The second-order valence-corrected chi connectivity index (χ2v) is 3.55. The fraction of sp³-hybridized carbons (Fsp3) is 0.455. The van der Waals surface area contributed by atoms with Crippen molar-refractivity contribution in [3.63, 3.8) is 0 Å². The monoisotopic (exact) mass is 307 g/mol. The number of nitrogens with zero attached hydrogens (tertiary/aromatic N) is 1. The Balaban J connectivity index is 0.00000169. The molecule has 0 heterocycles. The lowest BCUT2D eigenvalue weighted by molar-refractivity contribution is -0.00000392. The van der Waals surface area contributed by atoms with Gasteiger partial charge in [0, 0.05) is 6.07 Å². The third kappa shape index (κ3) is 2.85. The summed E-state index contributed by atoms with van der Waals surface area (Å²) in [5, 5.41) is 9.36. The van der Waals surface area contributed by atoms with Gasteiger partial charge in [0.1, 0.15) is 11.4 Å². The zero-order chi connectivity index (χ0) is 9.90. The van der Waals surface area contributed by atoms with Gasteiger partial charge in [0.15, 0.2) is 0 Å². The zero-order valence-corrected chi connectivity index (χ0v) is 11.2. The van der Waals surface area contributed by atoms with E-state index < -0.39 is 0 Å². The van der Waals surface area contributed by atoms with Gasteiger partial charge in [-0.25, -0.2) is 0 Å². The van der Waals surface area contributed by atoms with E-state index in [9.17, 15) is 5.11 Å². The first-order valence-corrected chi connectivity index (χ1v) is 4.76. The molecule has 0 saturated heterocycles. The minimum atomic E-state index is 0. The zero-order valence-electron chi connectivity index (χ0n) is 9.00. The number of hydrogen-bond acceptors (Lipinski definition) is 1. The van der Waals surface area contributed by atoms with E-state index in [1.807, 2.05) is 12.1 Å². The molecule has 2 nitrogen and oxygen atoms in total. The van der Waals surface area contributed by atoms with Crippen LogP contribution in [0, 0.1) is 0 Å². The third-order valence-corrected chi connectivity index (χ3v) is 2.85. The van der Waals surface area contributed by atoms with Crippen LogP contribution < -0.4 is 28.5 Å². The number of halogens is 1. The lowest BCUT2D eigenvalue weighted by Crippen LogP contribution is -3.00. The molecule has 3 heteroatoms. The van der Waals surface area contributed by atoms with Gasteiger partial charge >= 0.3 is 0 Å². The molecule has 0 spiro atoms. The summed E-state index contributed by atoms with van der Waals surface area (Å²) in [5.41, 5.74) is 1.17. The van der Waals surface area contributed by atoms with Crippen molar-refractivity contribution in [2.75, 3.05) is 20.1 Å². The Kier molecular flexibility index (Phi) is 5.44. The van der Waals surface area contributed by atoms with Crippen molar-refractivity contribution < 1.29 is 29.1 Å². The average molecular weight is 307 g/mol. The lowest BCUT2D eigenvalue weighted by atomic mass is 10.2. The minimum Gasteiger partial charge on any atom is -1.00 e. The van der Waals surface area contributed by atoms with Crippen molar-refractivity contribution in [2.24, 2.45) is 0 Å². The lowest BCUT2D eigenvalue weighted by Gasteiger charge is -2.31. The molecule has 0 fully saturated rings. The maximum atomic E-state index is 9.36. The Hall–Kier alpha value is -0.290. The van der Waals surface area contributed by atoms with E-state index in [1.54, 1.807) is 6.07 Å². The van der Waals surface area contributed by atoms with Crippen LogP contribution in [-0.4, -0.2) is 25.2 Å². The highest BCUT2D eigenvalue weighted by molar-refractivity contribution is 5.46. The topological polar surface area (TPSA) is 20.2 Å². The van der Waals surface area contributed by atoms with E-state index in [1.165, 1.54) is 5.69 Å². The third-order valence-electron chi connectivity index (χ3n) is 2.85. The molecule has 14 heavy (non-hydrogen) atoms. The first-order chi connectivity index (χ1) is 6.12. The molecular weight excluding hydrogens is 289 g/mol. The predicted octanol–water partition coefficient (Wildman–Crippen LogP) is -0.627. The van der Waals surface area contributed by atoms with Crippen LogP contribution in [-0.2, 0) is 0 Å². The fourth-order valence-corrected chi connectivity index (χ4v) is 1.42. The van der Waals surface area contributed by atoms with Crippen LogP contribution in [0.2, 0.25) is 0 Å². The van der Waals surface area contributed by atoms with Gasteiger partial charge in [0.2, 0.25) is 0 Å². The van der Waals surface area contributed by atoms with Gasteiger partial charge in [-0.05, 0) is 26.0 Å². The first-order valence-electron chi connectivity index (χ1n) is 4.76. The van der Waals surface area contributed by atoms with Crippen molar-refractivity contribution in [3.8, 4) is 5.75 Å². The Morgan fingerprint density at radius 3 is 2.21 bits per heavy atom. The van der Waals surface area contributed by atoms with Crippen molar-refractivity contribution >= 4 is 5.69 Å². The van der Waals surface area contributed by atoms with Gasteiger partial charge in [-0.3, -0.25) is 4.48 Å². The second-order valence-electron chi connectivity index (χ2n) is 3.55. The van der Waals surface area contributed by atoms with Crippen LogP contribution in [0.3, 0.4) is 0 Å². The van der Waals surface area contributed by atoms with Gasteiger partial charge in [-0.2, -0.15) is 0 Å². The van der Waals surface area contributed by atoms with E-state index in [0.717, 1.165) is 17.6 Å². The summed E-state index contributed by atoms with van der Waals surface area (Å²) < 4.78 is 0.869. The minimum absolute atomic E-state index is 0. The summed E-state index contributed by atoms with van der Waals surface area (Å²) in [5.74, 6) is 0.351. The van der Waals surface area contributed by atoms with Crippen molar-refractivity contribution in [1.82, 2.24) is 4.48 Å². The summed E-state index contributed by atoms with van der Waals surface area (Å²) in [4.78, 5) is 0. The van der Waals surface area contributed by atoms with Gasteiger partial charge < -0.3 is 29.1 Å². The maximum absolute atomic E-state index is 9.36. The first kappa shape index (κ1) is 13.7. The molecule has 0 atom stereocenters. The molecule has 0 aromatic heterocycles. The Labute approximate surface area is 103 Å². The molecule has 1 N–H and O–H groups in total. The highest BCUT2D eigenvalue weighted by atomic mass is 127. The van der Waals surface area contributed by atoms with E-state index in [4.69, 9.17) is 0 Å². The molecule has 0 saturated carbocycles. The number of aromatic hydroxyl groups is 1. The molecule has 0 radical (unpaired) electrons. The summed E-state index contributed by atoms with van der Waals surface area (Å²) in [6.07, 6.45) is 0. The number of phenolic OH excluding ortho intramolecular Hbond substituents is 1. The predicted molar refractivity (Wildman–Crippen MR) is 56.9 cm³/mol. The highest BCUT2D eigenvalue weighted by Gasteiger charge is 2.19. The van der Waals surface area contributed by atoms with Crippen LogP contribution in [0.4, 0.5) is 5.69 Å². The summed E-state index contributed by atoms with van der Waals surface area (Å²) >= 11 is 0. The SMILES string of the molecule is CC[N+](C)(CC)c1cccc(O)c1.[I-]. The fourth-order valence-electron chi connectivity index (χ4n) is 1.42. The van der Waals surface area contributed by atoms with Crippen molar-refractivity contribution in [2.45, 2.75) is 13.8 Å². The van der Waals surface area contributed by atoms with Gasteiger partial charge in [0.25, 0.3) is 0 Å². The normalized spacial score (nSPS) is 10.8. The highest BCUT2D eigenvalue weighted by Crippen LogP contribution is 2.24. The van der Waals surface area contributed by atoms with E-state index >= 15 is 0 Å². The summed E-state index contributed by atoms with van der Waals surface area (Å²) in [6, 6.07) is 7.51. The number of phenols is 1. The Morgan fingerprint density at radius 1 is 1.21 bits per heavy atom. The molecule has 0 bridgehead atoms. The molecular formula is C11H18INO. The van der Waals surface area contributed by atoms with Crippen LogP contribution in [0.25, 0.3) is 0 Å². The molecule has 0 aliphatic rings. The molecule has 80 valence electrons. The molecule has 0 aliphatic heterocycles. The Bertz CT molecular complexity index is 284. The van der Waals surface area contributed by atoms with Crippen molar-refractivity contribution in [3.05, 3.63) is 24.3 Å². The molecule has 1 rings (SSSR count). The molecule has 1 aromatic carbocycles. The largest absolute Gasteiger partial charge is 1.00 e. The quantitative estimate of drug-likeness (QED) is 0.583. The molecule has 0 aliphatic carbocycles. The number of benzene rings is 1.